The molecule has 1 aliphatic rings. The maximum atomic E-state index is 12.6. The van der Waals surface area contributed by atoms with Crippen LogP contribution in [-0.2, 0) is 13.0 Å². The van der Waals surface area contributed by atoms with E-state index in [0.717, 1.165) is 30.8 Å². The highest BCUT2D eigenvalue weighted by molar-refractivity contribution is 6.04. The van der Waals surface area contributed by atoms with Crippen molar-refractivity contribution in [3.8, 4) is 0 Å². The van der Waals surface area contributed by atoms with E-state index in [0.29, 0.717) is 5.56 Å². The lowest BCUT2D eigenvalue weighted by Crippen LogP contribution is -2.28. The molecule has 0 aliphatic carbocycles. The number of hydrogen-bond acceptors (Lipinski definition) is 2. The van der Waals surface area contributed by atoms with Gasteiger partial charge in [-0.05, 0) is 67.6 Å². The van der Waals surface area contributed by atoms with Crippen molar-refractivity contribution in [3.63, 3.8) is 0 Å². The van der Waals surface area contributed by atoms with Gasteiger partial charge in [0.25, 0.3) is 5.91 Å². The fourth-order valence-electron chi connectivity index (χ4n) is 3.91. The third-order valence-electron chi connectivity index (χ3n) is 5.43. The highest BCUT2D eigenvalue weighted by Crippen LogP contribution is 2.28. The van der Waals surface area contributed by atoms with Gasteiger partial charge in [0.05, 0.1) is 0 Å². The Hall–Kier alpha value is -3.07. The summed E-state index contributed by atoms with van der Waals surface area (Å²) in [4.78, 5) is 15.0. The van der Waals surface area contributed by atoms with Crippen molar-refractivity contribution in [2.75, 3.05) is 16.8 Å². The van der Waals surface area contributed by atoms with Crippen molar-refractivity contribution < 1.29 is 4.79 Å². The molecule has 3 aromatic carbocycles. The maximum absolute atomic E-state index is 12.6. The molecule has 0 aromatic heterocycles. The molecule has 1 amide bonds. The summed E-state index contributed by atoms with van der Waals surface area (Å²) in [6, 6.07) is 22.7. The predicted molar refractivity (Wildman–Crippen MR) is 116 cm³/mol. The molecule has 0 fully saturated rings. The van der Waals surface area contributed by atoms with Crippen LogP contribution in [0.1, 0.15) is 39.0 Å². The van der Waals surface area contributed by atoms with Crippen LogP contribution in [-0.4, -0.2) is 12.5 Å². The van der Waals surface area contributed by atoms with Crippen molar-refractivity contribution in [1.29, 1.82) is 0 Å². The third kappa shape index (κ3) is 3.94. The van der Waals surface area contributed by atoms with E-state index in [1.54, 1.807) is 0 Å². The van der Waals surface area contributed by atoms with E-state index in [-0.39, 0.29) is 5.91 Å². The number of nitrogens with zero attached hydrogens (tertiary/aromatic N) is 1. The van der Waals surface area contributed by atoms with Gasteiger partial charge in [0.15, 0.2) is 0 Å². The Morgan fingerprint density at radius 3 is 2.57 bits per heavy atom. The first kappa shape index (κ1) is 18.3. The van der Waals surface area contributed by atoms with Crippen LogP contribution in [0, 0.1) is 13.8 Å². The molecule has 0 atom stereocenters. The van der Waals surface area contributed by atoms with Crippen LogP contribution in [0.25, 0.3) is 0 Å². The summed E-state index contributed by atoms with van der Waals surface area (Å²) < 4.78 is 0. The molecule has 0 bridgehead atoms. The molecule has 1 heterocycles. The monoisotopic (exact) mass is 370 g/mol. The second-order valence-corrected chi connectivity index (χ2v) is 7.62. The quantitative estimate of drug-likeness (QED) is 0.657. The Morgan fingerprint density at radius 2 is 1.79 bits per heavy atom. The predicted octanol–water partition coefficient (Wildman–Crippen LogP) is 5.51. The molecular weight excluding hydrogens is 344 g/mol. The number of nitrogens with one attached hydrogen (secondary N) is 1. The Bertz CT molecular complexity index is 992. The number of amides is 1. The van der Waals surface area contributed by atoms with Crippen molar-refractivity contribution in [3.05, 3.63) is 94.5 Å². The van der Waals surface area contributed by atoms with Gasteiger partial charge in [-0.2, -0.15) is 0 Å². The third-order valence-corrected chi connectivity index (χ3v) is 5.43. The van der Waals surface area contributed by atoms with Gasteiger partial charge in [0, 0.05) is 30.0 Å². The second kappa shape index (κ2) is 7.89. The highest BCUT2D eigenvalue weighted by Gasteiger charge is 2.16. The summed E-state index contributed by atoms with van der Waals surface area (Å²) in [5.41, 5.74) is 7.81. The molecule has 0 unspecified atom stereocenters. The number of benzene rings is 3. The number of aryl methyl sites for hydroxylation is 3. The van der Waals surface area contributed by atoms with Crippen molar-refractivity contribution in [2.24, 2.45) is 0 Å². The molecule has 0 spiro atoms. The van der Waals surface area contributed by atoms with E-state index in [9.17, 15) is 4.79 Å². The molecule has 28 heavy (non-hydrogen) atoms. The summed E-state index contributed by atoms with van der Waals surface area (Å²) >= 11 is 0. The summed E-state index contributed by atoms with van der Waals surface area (Å²) in [5.74, 6) is -0.0678. The van der Waals surface area contributed by atoms with E-state index in [1.807, 2.05) is 31.2 Å². The average molecular weight is 370 g/mol. The Kier molecular flexibility index (Phi) is 5.16. The Morgan fingerprint density at radius 1 is 1.00 bits per heavy atom. The minimum atomic E-state index is -0.0678. The first-order chi connectivity index (χ1) is 13.6. The van der Waals surface area contributed by atoms with E-state index >= 15 is 0 Å². The van der Waals surface area contributed by atoms with Gasteiger partial charge in [-0.3, -0.25) is 4.79 Å². The van der Waals surface area contributed by atoms with Gasteiger partial charge < -0.3 is 10.2 Å². The zero-order valence-electron chi connectivity index (χ0n) is 16.5. The van der Waals surface area contributed by atoms with Crippen molar-refractivity contribution >= 4 is 17.3 Å². The van der Waals surface area contributed by atoms with Crippen LogP contribution in [0.5, 0.6) is 0 Å². The van der Waals surface area contributed by atoms with Crippen LogP contribution >= 0.6 is 0 Å². The zero-order valence-corrected chi connectivity index (χ0v) is 16.5. The van der Waals surface area contributed by atoms with Gasteiger partial charge in [-0.15, -0.1) is 0 Å². The number of para-hydroxylation sites is 1. The molecule has 3 nitrogen and oxygen atoms in total. The number of carbonyl (C=O) groups is 1. The van der Waals surface area contributed by atoms with Gasteiger partial charge in [0.1, 0.15) is 0 Å². The van der Waals surface area contributed by atoms with Crippen LogP contribution in [0.3, 0.4) is 0 Å². The lowest BCUT2D eigenvalue weighted by molar-refractivity contribution is 0.102. The molecule has 1 N–H and O–H groups in total. The number of hydrogen-bond donors (Lipinski definition) is 1. The van der Waals surface area contributed by atoms with Crippen LogP contribution in [0.4, 0.5) is 11.4 Å². The first-order valence-corrected chi connectivity index (χ1v) is 9.90. The molecular formula is C25H26N2O. The van der Waals surface area contributed by atoms with E-state index in [2.05, 4.69) is 59.6 Å². The molecule has 4 rings (SSSR count). The molecule has 0 saturated carbocycles. The van der Waals surface area contributed by atoms with Gasteiger partial charge in [0.2, 0.25) is 0 Å². The second-order valence-electron chi connectivity index (χ2n) is 7.62. The van der Waals surface area contributed by atoms with Gasteiger partial charge >= 0.3 is 0 Å². The number of carbonyl (C=O) groups excluding carboxylic acids is 1. The zero-order chi connectivity index (χ0) is 19.5. The summed E-state index contributed by atoms with van der Waals surface area (Å²) in [6.07, 6.45) is 2.34. The summed E-state index contributed by atoms with van der Waals surface area (Å²) in [6.45, 7) is 6.02. The smallest absolute Gasteiger partial charge is 0.255 e. The van der Waals surface area contributed by atoms with Crippen LogP contribution in [0.15, 0.2) is 66.7 Å². The number of fused-ring (bicyclic) bond motifs is 1. The van der Waals surface area contributed by atoms with Gasteiger partial charge in [-0.1, -0.05) is 48.0 Å². The topological polar surface area (TPSA) is 32.3 Å². The molecule has 0 radical (unpaired) electrons. The average Bonchev–Trinajstić information content (AvgIpc) is 2.71. The fraction of sp³-hybridized carbons (Fsp3) is 0.240. The molecule has 1 aliphatic heterocycles. The van der Waals surface area contributed by atoms with E-state index in [1.165, 1.54) is 28.8 Å². The lowest BCUT2D eigenvalue weighted by atomic mass is 10.0. The molecule has 142 valence electrons. The standard InChI is InChI=1S/C25H26N2O/c1-18-9-14-23(19(2)16-18)26-25(28)22-12-10-20(11-13-22)17-27-15-5-7-21-6-3-4-8-24(21)27/h3-4,6,8-14,16H,5,7,15,17H2,1-2H3,(H,26,28). The molecule has 3 heteroatoms. The first-order valence-electron chi connectivity index (χ1n) is 9.90. The normalized spacial score (nSPS) is 13.1. The fourth-order valence-corrected chi connectivity index (χ4v) is 3.91. The van der Waals surface area contributed by atoms with Crippen LogP contribution < -0.4 is 10.2 Å². The molecule has 3 aromatic rings. The summed E-state index contributed by atoms with van der Waals surface area (Å²) in [5, 5.41) is 3.02. The highest BCUT2D eigenvalue weighted by atomic mass is 16.1. The maximum Gasteiger partial charge on any atom is 0.255 e. The largest absolute Gasteiger partial charge is 0.367 e. The van der Waals surface area contributed by atoms with E-state index in [4.69, 9.17) is 0 Å². The lowest BCUT2D eigenvalue weighted by Gasteiger charge is -2.31. The Labute approximate surface area is 167 Å². The van der Waals surface area contributed by atoms with Crippen LogP contribution in [0.2, 0.25) is 0 Å². The van der Waals surface area contributed by atoms with Crippen molar-refractivity contribution in [1.82, 2.24) is 0 Å². The minimum absolute atomic E-state index is 0.0678. The number of rotatable bonds is 4. The summed E-state index contributed by atoms with van der Waals surface area (Å²) in [7, 11) is 0. The SMILES string of the molecule is Cc1ccc(NC(=O)c2ccc(CN3CCCc4ccccc43)cc2)c(C)c1. The van der Waals surface area contributed by atoms with Gasteiger partial charge in [-0.25, -0.2) is 0 Å². The minimum Gasteiger partial charge on any atom is -0.367 e. The van der Waals surface area contributed by atoms with Crippen molar-refractivity contribution in [2.45, 2.75) is 33.2 Å². The number of anilines is 2. The Balaban J connectivity index is 1.45. The van der Waals surface area contributed by atoms with E-state index < -0.39 is 0 Å². The molecule has 0 saturated heterocycles.